The minimum Gasteiger partial charge on any atom is -0.508 e. The first-order chi connectivity index (χ1) is 10.5. The van der Waals surface area contributed by atoms with Gasteiger partial charge in [0.25, 0.3) is 0 Å². The van der Waals surface area contributed by atoms with Crippen molar-refractivity contribution in [3.8, 4) is 5.75 Å². The lowest BCUT2D eigenvalue weighted by atomic mass is 9.52. The largest absolute Gasteiger partial charge is 0.508 e. The summed E-state index contributed by atoms with van der Waals surface area (Å²) in [6.45, 7) is 2.33. The molecule has 0 amide bonds. The Morgan fingerprint density at radius 3 is 2.86 bits per heavy atom. The molecular weight excluding hydrogens is 340 g/mol. The number of aliphatic hydroxyl groups is 1. The van der Waals surface area contributed by atoms with E-state index in [1.807, 2.05) is 12.1 Å². The molecule has 2 saturated carbocycles. The zero-order valence-corrected chi connectivity index (χ0v) is 14.7. The molecule has 6 atom stereocenters. The Labute approximate surface area is 141 Å². The van der Waals surface area contributed by atoms with Crippen molar-refractivity contribution in [3.05, 3.63) is 29.3 Å². The molecule has 3 heteroatoms. The van der Waals surface area contributed by atoms with Crippen molar-refractivity contribution < 1.29 is 10.2 Å². The summed E-state index contributed by atoms with van der Waals surface area (Å²) in [5.74, 6) is 2.92. The van der Waals surface area contributed by atoms with Gasteiger partial charge in [0.15, 0.2) is 0 Å². The standard InChI is InChI=1S/C19H25BrO2/c1-19-9-12(10-20)18-14-5-3-13(21)8-11(14)2-4-15(18)16(19)6-7-17(19)22/h3,5,8,12,15-18,21-22H,2,4,6-7,9-10H2,1H3/t12-,15+,16+,17+,18-,19+/m1/s1. The number of phenolic OH excluding ortho intramolecular Hbond substituents is 1. The van der Waals surface area contributed by atoms with Gasteiger partial charge in [-0.25, -0.2) is 0 Å². The summed E-state index contributed by atoms with van der Waals surface area (Å²) >= 11 is 3.75. The van der Waals surface area contributed by atoms with Crippen LogP contribution in [-0.4, -0.2) is 21.6 Å². The van der Waals surface area contributed by atoms with E-state index in [0.717, 1.165) is 24.6 Å². The van der Waals surface area contributed by atoms with Crippen LogP contribution in [-0.2, 0) is 6.42 Å². The van der Waals surface area contributed by atoms with E-state index in [-0.39, 0.29) is 11.5 Å². The summed E-state index contributed by atoms with van der Waals surface area (Å²) in [5.41, 5.74) is 2.91. The molecule has 2 nitrogen and oxygen atoms in total. The van der Waals surface area contributed by atoms with Gasteiger partial charge in [-0.1, -0.05) is 28.9 Å². The molecule has 120 valence electrons. The number of aromatic hydroxyl groups is 1. The Balaban J connectivity index is 1.78. The molecular formula is C19H25BrO2. The number of benzene rings is 1. The second kappa shape index (κ2) is 5.24. The van der Waals surface area contributed by atoms with Crippen LogP contribution in [0, 0.1) is 23.2 Å². The lowest BCUT2D eigenvalue weighted by Crippen LogP contribution is -2.48. The number of aliphatic hydroxyl groups excluding tert-OH is 1. The molecule has 0 spiro atoms. The van der Waals surface area contributed by atoms with Gasteiger partial charge in [0.1, 0.15) is 5.75 Å². The number of phenols is 1. The molecule has 0 heterocycles. The summed E-state index contributed by atoms with van der Waals surface area (Å²) in [6.07, 6.45) is 5.43. The van der Waals surface area contributed by atoms with E-state index in [0.29, 0.717) is 29.4 Å². The number of fused-ring (bicyclic) bond motifs is 5. The SMILES string of the molecule is C[C@]12C[C@H](CBr)[C@@H]3c4ccc(O)cc4CC[C@H]3[C@@H]1CC[C@@H]2O. The number of rotatable bonds is 1. The smallest absolute Gasteiger partial charge is 0.115 e. The van der Waals surface area contributed by atoms with Crippen molar-refractivity contribution in [2.45, 2.75) is 51.0 Å². The highest BCUT2D eigenvalue weighted by Crippen LogP contribution is 2.63. The Morgan fingerprint density at radius 2 is 2.09 bits per heavy atom. The summed E-state index contributed by atoms with van der Waals surface area (Å²) < 4.78 is 0. The number of hydrogen-bond acceptors (Lipinski definition) is 2. The normalized spacial score (nSPS) is 43.3. The number of alkyl halides is 1. The monoisotopic (exact) mass is 364 g/mol. The minimum absolute atomic E-state index is 0.105. The molecule has 2 N–H and O–H groups in total. The van der Waals surface area contributed by atoms with Crippen LogP contribution in [0.15, 0.2) is 18.2 Å². The number of hydrogen-bond donors (Lipinski definition) is 2. The molecule has 0 saturated heterocycles. The van der Waals surface area contributed by atoms with Crippen molar-refractivity contribution in [1.29, 1.82) is 0 Å². The van der Waals surface area contributed by atoms with Gasteiger partial charge in [-0.3, -0.25) is 0 Å². The molecule has 0 unspecified atom stereocenters. The predicted octanol–water partition coefficient (Wildman–Crippen LogP) is 4.23. The molecule has 1 aromatic carbocycles. The highest BCUT2D eigenvalue weighted by Gasteiger charge is 2.57. The summed E-state index contributed by atoms with van der Waals surface area (Å²) in [7, 11) is 0. The second-order valence-corrected chi connectivity index (χ2v) is 8.58. The summed E-state index contributed by atoms with van der Waals surface area (Å²) in [4.78, 5) is 0. The Kier molecular flexibility index (Phi) is 3.58. The first kappa shape index (κ1) is 15.0. The lowest BCUT2D eigenvalue weighted by molar-refractivity contribution is -0.0429. The van der Waals surface area contributed by atoms with E-state index in [1.165, 1.54) is 24.0 Å². The number of aryl methyl sites for hydroxylation is 1. The molecule has 0 aromatic heterocycles. The van der Waals surface area contributed by atoms with Gasteiger partial charge in [-0.15, -0.1) is 0 Å². The molecule has 1 aromatic rings. The Hall–Kier alpha value is -0.540. The molecule has 2 fully saturated rings. The van der Waals surface area contributed by atoms with Gasteiger partial charge in [0, 0.05) is 5.33 Å². The average Bonchev–Trinajstić information content (AvgIpc) is 2.81. The van der Waals surface area contributed by atoms with Crippen LogP contribution < -0.4 is 0 Å². The van der Waals surface area contributed by atoms with Gasteiger partial charge < -0.3 is 10.2 Å². The fourth-order valence-corrected chi connectivity index (χ4v) is 6.63. The van der Waals surface area contributed by atoms with Crippen molar-refractivity contribution in [3.63, 3.8) is 0 Å². The minimum atomic E-state index is -0.124. The second-order valence-electron chi connectivity index (χ2n) is 7.94. The average molecular weight is 365 g/mol. The van der Waals surface area contributed by atoms with Gasteiger partial charge in [-0.05, 0) is 84.5 Å². The van der Waals surface area contributed by atoms with Gasteiger partial charge >= 0.3 is 0 Å². The first-order valence-corrected chi connectivity index (χ1v) is 9.72. The molecule has 0 radical (unpaired) electrons. The molecule has 3 aliphatic rings. The predicted molar refractivity (Wildman–Crippen MR) is 91.4 cm³/mol. The molecule has 4 rings (SSSR count). The van der Waals surface area contributed by atoms with Crippen LogP contribution in [0.25, 0.3) is 0 Å². The Bertz CT molecular complexity index is 587. The highest BCUT2D eigenvalue weighted by atomic mass is 79.9. The third kappa shape index (κ3) is 2.01. The zero-order valence-electron chi connectivity index (χ0n) is 13.1. The van der Waals surface area contributed by atoms with E-state index in [1.54, 1.807) is 0 Å². The van der Waals surface area contributed by atoms with Crippen LogP contribution in [0.3, 0.4) is 0 Å². The van der Waals surface area contributed by atoms with Crippen molar-refractivity contribution in [2.24, 2.45) is 23.2 Å². The van der Waals surface area contributed by atoms with E-state index in [9.17, 15) is 10.2 Å². The van der Waals surface area contributed by atoms with Gasteiger partial charge in [0.2, 0.25) is 0 Å². The fraction of sp³-hybridized carbons (Fsp3) is 0.684. The third-order valence-corrected chi connectivity index (χ3v) is 7.81. The van der Waals surface area contributed by atoms with Crippen molar-refractivity contribution >= 4 is 15.9 Å². The van der Waals surface area contributed by atoms with Crippen LogP contribution in [0.4, 0.5) is 0 Å². The van der Waals surface area contributed by atoms with E-state index in [2.05, 4.69) is 28.9 Å². The summed E-state index contributed by atoms with van der Waals surface area (Å²) in [6, 6.07) is 5.98. The van der Waals surface area contributed by atoms with E-state index >= 15 is 0 Å². The van der Waals surface area contributed by atoms with E-state index < -0.39 is 0 Å². The molecule has 3 aliphatic carbocycles. The Morgan fingerprint density at radius 1 is 1.27 bits per heavy atom. The third-order valence-electron chi connectivity index (χ3n) is 6.98. The highest BCUT2D eigenvalue weighted by molar-refractivity contribution is 9.09. The number of halogens is 1. The topological polar surface area (TPSA) is 40.5 Å². The van der Waals surface area contributed by atoms with Crippen LogP contribution >= 0.6 is 15.9 Å². The molecule has 0 bridgehead atoms. The van der Waals surface area contributed by atoms with Crippen molar-refractivity contribution in [2.75, 3.05) is 5.33 Å². The van der Waals surface area contributed by atoms with Crippen LogP contribution in [0.2, 0.25) is 0 Å². The van der Waals surface area contributed by atoms with E-state index in [4.69, 9.17) is 0 Å². The fourth-order valence-electron chi connectivity index (χ4n) is 6.00. The maximum absolute atomic E-state index is 10.6. The van der Waals surface area contributed by atoms with Gasteiger partial charge in [0.05, 0.1) is 6.10 Å². The quantitative estimate of drug-likeness (QED) is 0.732. The maximum atomic E-state index is 10.6. The lowest BCUT2D eigenvalue weighted by Gasteiger charge is -2.53. The van der Waals surface area contributed by atoms with Gasteiger partial charge in [-0.2, -0.15) is 0 Å². The van der Waals surface area contributed by atoms with Crippen LogP contribution in [0.5, 0.6) is 5.75 Å². The molecule has 22 heavy (non-hydrogen) atoms. The van der Waals surface area contributed by atoms with Crippen molar-refractivity contribution in [1.82, 2.24) is 0 Å². The summed E-state index contributed by atoms with van der Waals surface area (Å²) in [5, 5.41) is 21.4. The maximum Gasteiger partial charge on any atom is 0.115 e. The molecule has 0 aliphatic heterocycles. The van der Waals surface area contributed by atoms with Crippen LogP contribution in [0.1, 0.15) is 49.7 Å². The zero-order chi connectivity index (χ0) is 15.5. The first-order valence-electron chi connectivity index (χ1n) is 8.60.